The lowest BCUT2D eigenvalue weighted by Gasteiger charge is -1.97. The van der Waals surface area contributed by atoms with Crippen LogP contribution in [-0.4, -0.2) is 11.1 Å². The lowest BCUT2D eigenvalue weighted by Crippen LogP contribution is -1.90. The number of carbonyl (C=O) groups is 1. The molecule has 0 amide bonds. The molecule has 0 saturated heterocycles. The van der Waals surface area contributed by atoms with E-state index in [2.05, 4.69) is 0 Å². The van der Waals surface area contributed by atoms with Gasteiger partial charge in [0.05, 0.1) is 0 Å². The predicted octanol–water partition coefficient (Wildman–Crippen LogP) is 2.85. The Morgan fingerprint density at radius 3 is 2.25 bits per heavy atom. The molecule has 1 aromatic carbocycles. The summed E-state index contributed by atoms with van der Waals surface area (Å²) in [5.41, 5.74) is 1.64. The van der Waals surface area contributed by atoms with Gasteiger partial charge in [0.25, 0.3) is 5.24 Å². The van der Waals surface area contributed by atoms with E-state index in [9.17, 15) is 4.79 Å². The summed E-state index contributed by atoms with van der Waals surface area (Å²) in [6, 6.07) is 7.13. The third kappa shape index (κ3) is 2.50. The van der Waals surface area contributed by atoms with Crippen LogP contribution in [0, 0.1) is 0 Å². The first-order valence-corrected chi connectivity index (χ1v) is 4.50. The Bertz CT molecular complexity index is 266. The van der Waals surface area contributed by atoms with Crippen molar-refractivity contribution in [1.82, 2.24) is 0 Å². The lowest BCUT2D eigenvalue weighted by molar-refractivity contribution is 0.108. The Morgan fingerprint density at radius 2 is 1.83 bits per heavy atom. The van der Waals surface area contributed by atoms with Crippen LogP contribution in [-0.2, 0) is 6.42 Å². The molecule has 0 atom stereocenters. The number of hydrogen-bond acceptors (Lipinski definition) is 1. The van der Waals surface area contributed by atoms with E-state index in [0.29, 0.717) is 11.4 Å². The van der Waals surface area contributed by atoms with Gasteiger partial charge in [-0.05, 0) is 35.7 Å². The molecule has 1 nitrogen and oxygen atoms in total. The summed E-state index contributed by atoms with van der Waals surface area (Å²) in [5.74, 6) is 0.591. The molecule has 3 heteroatoms. The smallest absolute Gasteiger partial charge is 0.252 e. The number of benzene rings is 1. The summed E-state index contributed by atoms with van der Waals surface area (Å²) in [4.78, 5) is 10.7. The molecule has 0 aromatic heterocycles. The number of halogens is 2. The van der Waals surface area contributed by atoms with Gasteiger partial charge >= 0.3 is 0 Å². The number of alkyl halides is 1. The quantitative estimate of drug-likeness (QED) is 0.545. The molecule has 0 heterocycles. The number of rotatable bonds is 3. The van der Waals surface area contributed by atoms with Crippen LogP contribution in [0.15, 0.2) is 24.3 Å². The number of hydrogen-bond donors (Lipinski definition) is 0. The van der Waals surface area contributed by atoms with E-state index < -0.39 is 5.24 Å². The highest BCUT2D eigenvalue weighted by atomic mass is 35.5. The van der Waals surface area contributed by atoms with Crippen molar-refractivity contribution in [1.29, 1.82) is 0 Å². The van der Waals surface area contributed by atoms with Crippen LogP contribution in [0.5, 0.6) is 0 Å². The van der Waals surface area contributed by atoms with Gasteiger partial charge in [-0.3, -0.25) is 4.79 Å². The van der Waals surface area contributed by atoms with Crippen LogP contribution < -0.4 is 0 Å². The Morgan fingerprint density at radius 1 is 1.25 bits per heavy atom. The zero-order valence-corrected chi connectivity index (χ0v) is 7.90. The standard InChI is InChI=1S/C9H8Cl2O/c10-6-5-7-1-3-8(4-2-7)9(11)12/h1-4H,5-6H2. The van der Waals surface area contributed by atoms with Gasteiger partial charge in [-0.15, -0.1) is 11.6 Å². The van der Waals surface area contributed by atoms with Crippen molar-refractivity contribution >= 4 is 28.4 Å². The second kappa shape index (κ2) is 4.48. The van der Waals surface area contributed by atoms with E-state index >= 15 is 0 Å². The summed E-state index contributed by atoms with van der Waals surface area (Å²) in [7, 11) is 0. The molecule has 64 valence electrons. The zero-order chi connectivity index (χ0) is 8.97. The number of aryl methyl sites for hydroxylation is 1. The van der Waals surface area contributed by atoms with Gasteiger partial charge in [0.15, 0.2) is 0 Å². The van der Waals surface area contributed by atoms with Crippen molar-refractivity contribution in [2.45, 2.75) is 6.42 Å². The van der Waals surface area contributed by atoms with Crippen molar-refractivity contribution in [2.75, 3.05) is 5.88 Å². The molecule has 0 unspecified atom stereocenters. The maximum Gasteiger partial charge on any atom is 0.252 e. The van der Waals surface area contributed by atoms with Crippen LogP contribution >= 0.6 is 23.2 Å². The minimum Gasteiger partial charge on any atom is -0.276 e. The zero-order valence-electron chi connectivity index (χ0n) is 6.39. The van der Waals surface area contributed by atoms with Gasteiger partial charge in [0.2, 0.25) is 0 Å². The SMILES string of the molecule is O=C(Cl)c1ccc(CCCl)cc1. The number of carbonyl (C=O) groups excluding carboxylic acids is 1. The first-order valence-electron chi connectivity index (χ1n) is 3.59. The van der Waals surface area contributed by atoms with Gasteiger partial charge in [0.1, 0.15) is 0 Å². The molecule has 12 heavy (non-hydrogen) atoms. The molecule has 1 aromatic rings. The minimum atomic E-state index is -0.424. The lowest BCUT2D eigenvalue weighted by atomic mass is 10.1. The minimum absolute atomic E-state index is 0.424. The first kappa shape index (κ1) is 9.56. The van der Waals surface area contributed by atoms with Gasteiger partial charge in [-0.1, -0.05) is 12.1 Å². The highest BCUT2D eigenvalue weighted by Crippen LogP contribution is 2.07. The summed E-state index contributed by atoms with van der Waals surface area (Å²) >= 11 is 10.8. The summed E-state index contributed by atoms with van der Waals surface area (Å²) in [5, 5.41) is -0.424. The van der Waals surface area contributed by atoms with E-state index in [0.717, 1.165) is 12.0 Å². The molecule has 0 fully saturated rings. The van der Waals surface area contributed by atoms with E-state index in [1.807, 2.05) is 12.1 Å². The Balaban J connectivity index is 2.78. The molecule has 0 aliphatic rings. The van der Waals surface area contributed by atoms with Crippen molar-refractivity contribution in [3.05, 3.63) is 35.4 Å². The summed E-state index contributed by atoms with van der Waals surface area (Å²) in [6.45, 7) is 0. The fourth-order valence-corrected chi connectivity index (χ4v) is 1.26. The maximum absolute atomic E-state index is 10.7. The highest BCUT2D eigenvalue weighted by Gasteiger charge is 1.99. The van der Waals surface area contributed by atoms with Gasteiger partial charge in [-0.25, -0.2) is 0 Å². The van der Waals surface area contributed by atoms with Crippen molar-refractivity contribution in [3.63, 3.8) is 0 Å². The molecule has 0 N–H and O–H groups in total. The summed E-state index contributed by atoms with van der Waals surface area (Å²) < 4.78 is 0. The van der Waals surface area contributed by atoms with Crippen molar-refractivity contribution < 1.29 is 4.79 Å². The molecule has 0 aliphatic carbocycles. The fourth-order valence-electron chi connectivity index (χ4n) is 0.912. The normalized spacial score (nSPS) is 9.83. The Labute approximate surface area is 81.3 Å². The molecule has 0 aliphatic heterocycles. The second-order valence-electron chi connectivity index (χ2n) is 2.41. The van der Waals surface area contributed by atoms with Crippen LogP contribution in [0.25, 0.3) is 0 Å². The van der Waals surface area contributed by atoms with E-state index in [-0.39, 0.29) is 0 Å². The van der Waals surface area contributed by atoms with Gasteiger partial charge in [0, 0.05) is 11.4 Å². The molecule has 0 radical (unpaired) electrons. The Kier molecular flexibility index (Phi) is 3.57. The van der Waals surface area contributed by atoms with Crippen LogP contribution in [0.2, 0.25) is 0 Å². The fraction of sp³-hybridized carbons (Fsp3) is 0.222. The van der Waals surface area contributed by atoms with E-state index in [1.165, 1.54) is 0 Å². The first-order chi connectivity index (χ1) is 5.74. The van der Waals surface area contributed by atoms with Crippen LogP contribution in [0.4, 0.5) is 0 Å². The van der Waals surface area contributed by atoms with Crippen LogP contribution in [0.1, 0.15) is 15.9 Å². The third-order valence-electron chi connectivity index (χ3n) is 1.56. The molecule has 0 saturated carbocycles. The summed E-state index contributed by atoms with van der Waals surface area (Å²) in [6.07, 6.45) is 0.818. The molecular weight excluding hydrogens is 195 g/mol. The highest BCUT2D eigenvalue weighted by molar-refractivity contribution is 6.67. The topological polar surface area (TPSA) is 17.1 Å². The molecule has 0 spiro atoms. The molecule has 0 bridgehead atoms. The Hall–Kier alpha value is -0.530. The van der Waals surface area contributed by atoms with Gasteiger partial charge < -0.3 is 0 Å². The molecule has 1 rings (SSSR count). The average Bonchev–Trinajstić information content (AvgIpc) is 2.06. The second-order valence-corrected chi connectivity index (χ2v) is 3.13. The third-order valence-corrected chi connectivity index (χ3v) is 1.97. The van der Waals surface area contributed by atoms with Gasteiger partial charge in [-0.2, -0.15) is 0 Å². The van der Waals surface area contributed by atoms with Crippen molar-refractivity contribution in [2.24, 2.45) is 0 Å². The van der Waals surface area contributed by atoms with Crippen molar-refractivity contribution in [3.8, 4) is 0 Å². The average molecular weight is 203 g/mol. The molecular formula is C9H8Cl2O. The van der Waals surface area contributed by atoms with E-state index in [4.69, 9.17) is 23.2 Å². The largest absolute Gasteiger partial charge is 0.276 e. The van der Waals surface area contributed by atoms with E-state index in [1.54, 1.807) is 12.1 Å². The van der Waals surface area contributed by atoms with Crippen LogP contribution in [0.3, 0.4) is 0 Å². The maximum atomic E-state index is 10.7. The monoisotopic (exact) mass is 202 g/mol. The predicted molar refractivity (Wildman–Crippen MR) is 51.0 cm³/mol.